The van der Waals surface area contributed by atoms with Crippen molar-refractivity contribution in [3.63, 3.8) is 0 Å². The smallest absolute Gasteiger partial charge is 0.229 e. The van der Waals surface area contributed by atoms with Gasteiger partial charge in [-0.05, 0) is 50.5 Å². The number of anilines is 3. The molecule has 0 amide bonds. The number of aryl methyl sites for hydroxylation is 1. The lowest BCUT2D eigenvalue weighted by Crippen LogP contribution is -2.35. The van der Waals surface area contributed by atoms with Gasteiger partial charge in [0.2, 0.25) is 5.95 Å². The van der Waals surface area contributed by atoms with Crippen molar-refractivity contribution in [1.82, 2.24) is 9.97 Å². The zero-order chi connectivity index (χ0) is 19.8. The summed E-state index contributed by atoms with van der Waals surface area (Å²) in [7, 11) is 0. The number of nitrogens with zero attached hydrogens (tertiary/aromatic N) is 3. The Hall–Kier alpha value is -2.73. The molecule has 0 bridgehead atoms. The maximum atomic E-state index is 13.5. The minimum absolute atomic E-state index is 0. The van der Waals surface area contributed by atoms with E-state index in [-0.39, 0.29) is 18.4 Å². The SMILES string of the molecule is Cc1nc(Nc2ccc(F)c(F)c2)nc(N2CCc3ccccc3C2C)c1C.Cl. The van der Waals surface area contributed by atoms with Gasteiger partial charge in [0.1, 0.15) is 5.82 Å². The predicted molar refractivity (Wildman–Crippen MR) is 114 cm³/mol. The van der Waals surface area contributed by atoms with Gasteiger partial charge in [-0.1, -0.05) is 24.3 Å². The maximum absolute atomic E-state index is 13.5. The molecule has 0 radical (unpaired) electrons. The number of nitrogens with one attached hydrogen (secondary N) is 1. The van der Waals surface area contributed by atoms with Gasteiger partial charge in [-0.3, -0.25) is 0 Å². The molecule has 0 spiro atoms. The third-order valence-corrected chi connectivity index (χ3v) is 5.41. The van der Waals surface area contributed by atoms with Crippen LogP contribution in [0.25, 0.3) is 0 Å². The molecule has 152 valence electrons. The number of benzene rings is 2. The lowest BCUT2D eigenvalue weighted by atomic mass is 9.93. The first kappa shape index (κ1) is 21.0. The van der Waals surface area contributed by atoms with E-state index in [2.05, 4.69) is 46.4 Å². The van der Waals surface area contributed by atoms with Gasteiger partial charge in [-0.15, -0.1) is 12.4 Å². The largest absolute Gasteiger partial charge is 0.349 e. The first-order chi connectivity index (χ1) is 13.4. The fourth-order valence-corrected chi connectivity index (χ4v) is 3.71. The molecule has 0 fully saturated rings. The van der Waals surface area contributed by atoms with E-state index in [4.69, 9.17) is 4.98 Å². The monoisotopic (exact) mass is 416 g/mol. The zero-order valence-corrected chi connectivity index (χ0v) is 17.4. The number of aromatic nitrogens is 2. The van der Waals surface area contributed by atoms with Crippen molar-refractivity contribution in [2.45, 2.75) is 33.2 Å². The average Bonchev–Trinajstić information content (AvgIpc) is 2.68. The Balaban J connectivity index is 0.00000240. The second-order valence-electron chi connectivity index (χ2n) is 7.15. The zero-order valence-electron chi connectivity index (χ0n) is 16.5. The van der Waals surface area contributed by atoms with E-state index in [9.17, 15) is 8.78 Å². The summed E-state index contributed by atoms with van der Waals surface area (Å²) >= 11 is 0. The predicted octanol–water partition coefficient (Wildman–Crippen LogP) is 5.66. The van der Waals surface area contributed by atoms with Gasteiger partial charge in [0.05, 0.1) is 6.04 Å². The Kier molecular flexibility index (Phi) is 6.03. The van der Waals surface area contributed by atoms with Crippen LogP contribution in [-0.2, 0) is 6.42 Å². The van der Waals surface area contributed by atoms with Gasteiger partial charge in [0.25, 0.3) is 0 Å². The summed E-state index contributed by atoms with van der Waals surface area (Å²) in [6.45, 7) is 6.98. The topological polar surface area (TPSA) is 41.1 Å². The molecule has 2 aromatic carbocycles. The molecule has 1 aromatic heterocycles. The molecule has 2 heterocycles. The number of rotatable bonds is 3. The molecule has 1 atom stereocenters. The molecular weight excluding hydrogens is 394 g/mol. The summed E-state index contributed by atoms with van der Waals surface area (Å²) in [6.07, 6.45) is 0.953. The van der Waals surface area contributed by atoms with Crippen LogP contribution in [0.3, 0.4) is 0 Å². The molecule has 0 aliphatic carbocycles. The minimum atomic E-state index is -0.907. The maximum Gasteiger partial charge on any atom is 0.229 e. The summed E-state index contributed by atoms with van der Waals surface area (Å²) in [5, 5.41) is 3.00. The molecular formula is C22H23ClF2N4. The second kappa shape index (κ2) is 8.33. The Morgan fingerprint density at radius 1 is 1.03 bits per heavy atom. The van der Waals surface area contributed by atoms with Crippen LogP contribution in [0.1, 0.15) is 35.3 Å². The third-order valence-electron chi connectivity index (χ3n) is 5.41. The molecule has 0 saturated heterocycles. The molecule has 29 heavy (non-hydrogen) atoms. The average molecular weight is 417 g/mol. The van der Waals surface area contributed by atoms with Crippen molar-refractivity contribution >= 4 is 29.9 Å². The van der Waals surface area contributed by atoms with E-state index in [1.54, 1.807) is 0 Å². The normalized spacial score (nSPS) is 15.5. The van der Waals surface area contributed by atoms with Gasteiger partial charge < -0.3 is 10.2 Å². The van der Waals surface area contributed by atoms with Crippen molar-refractivity contribution in [2.24, 2.45) is 0 Å². The van der Waals surface area contributed by atoms with Crippen LogP contribution in [0.15, 0.2) is 42.5 Å². The lowest BCUT2D eigenvalue weighted by molar-refractivity contribution is 0.509. The summed E-state index contributed by atoms with van der Waals surface area (Å²) in [6, 6.07) is 12.3. The van der Waals surface area contributed by atoms with Crippen LogP contribution >= 0.6 is 12.4 Å². The Bertz CT molecular complexity index is 1040. The quantitative estimate of drug-likeness (QED) is 0.598. The van der Waals surface area contributed by atoms with E-state index in [1.165, 1.54) is 17.2 Å². The third kappa shape index (κ3) is 4.03. The van der Waals surface area contributed by atoms with Crippen LogP contribution in [0.4, 0.5) is 26.2 Å². The summed E-state index contributed by atoms with van der Waals surface area (Å²) < 4.78 is 26.7. The van der Waals surface area contributed by atoms with Gasteiger partial charge in [-0.25, -0.2) is 13.8 Å². The highest BCUT2D eigenvalue weighted by molar-refractivity contribution is 5.85. The van der Waals surface area contributed by atoms with Crippen LogP contribution in [0, 0.1) is 25.5 Å². The molecule has 1 aliphatic rings. The fraction of sp³-hybridized carbons (Fsp3) is 0.273. The molecule has 7 heteroatoms. The van der Waals surface area contributed by atoms with E-state index < -0.39 is 11.6 Å². The molecule has 3 aromatic rings. The van der Waals surface area contributed by atoms with Crippen molar-refractivity contribution in [1.29, 1.82) is 0 Å². The molecule has 4 nitrogen and oxygen atoms in total. The molecule has 4 rings (SSSR count). The summed E-state index contributed by atoms with van der Waals surface area (Å²) in [5.74, 6) is -0.557. The van der Waals surface area contributed by atoms with E-state index in [0.29, 0.717) is 11.6 Å². The highest BCUT2D eigenvalue weighted by Gasteiger charge is 2.26. The van der Waals surface area contributed by atoms with Crippen molar-refractivity contribution in [3.8, 4) is 0 Å². The standard InChI is InChI=1S/C22H22F2N4.ClH/c1-13-14(2)25-22(26-17-8-9-19(23)20(24)12-17)27-21(13)28-11-10-16-6-4-5-7-18(16)15(28)3;/h4-9,12,15H,10-11H2,1-3H3,(H,25,26,27);1H. The van der Waals surface area contributed by atoms with Crippen LogP contribution in [0.2, 0.25) is 0 Å². The van der Waals surface area contributed by atoms with Crippen molar-refractivity contribution in [2.75, 3.05) is 16.8 Å². The highest BCUT2D eigenvalue weighted by Crippen LogP contribution is 2.35. The van der Waals surface area contributed by atoms with E-state index >= 15 is 0 Å². The molecule has 1 N–H and O–H groups in total. The molecule has 1 unspecified atom stereocenters. The highest BCUT2D eigenvalue weighted by atomic mass is 35.5. The van der Waals surface area contributed by atoms with Crippen molar-refractivity contribution < 1.29 is 8.78 Å². The number of hydrogen-bond acceptors (Lipinski definition) is 4. The number of halogens is 3. The summed E-state index contributed by atoms with van der Waals surface area (Å²) in [4.78, 5) is 11.5. The first-order valence-electron chi connectivity index (χ1n) is 9.36. The van der Waals surface area contributed by atoms with Crippen molar-refractivity contribution in [3.05, 3.63) is 76.5 Å². The van der Waals surface area contributed by atoms with Gasteiger partial charge >= 0.3 is 0 Å². The Morgan fingerprint density at radius 2 is 1.79 bits per heavy atom. The minimum Gasteiger partial charge on any atom is -0.349 e. The lowest BCUT2D eigenvalue weighted by Gasteiger charge is -2.37. The first-order valence-corrected chi connectivity index (χ1v) is 9.36. The second-order valence-corrected chi connectivity index (χ2v) is 7.15. The van der Waals surface area contributed by atoms with Crippen LogP contribution < -0.4 is 10.2 Å². The number of fused-ring (bicyclic) bond motifs is 1. The number of hydrogen-bond donors (Lipinski definition) is 1. The molecule has 0 saturated carbocycles. The van der Waals surface area contributed by atoms with E-state index in [1.807, 2.05) is 13.8 Å². The Labute approximate surface area is 175 Å². The fourth-order valence-electron chi connectivity index (χ4n) is 3.71. The molecule has 1 aliphatic heterocycles. The van der Waals surface area contributed by atoms with Gasteiger partial charge in [0, 0.05) is 29.6 Å². The summed E-state index contributed by atoms with van der Waals surface area (Å²) in [5.41, 5.74) is 4.95. The van der Waals surface area contributed by atoms with Gasteiger partial charge in [-0.2, -0.15) is 4.98 Å². The van der Waals surface area contributed by atoms with Crippen LogP contribution in [-0.4, -0.2) is 16.5 Å². The Morgan fingerprint density at radius 3 is 2.55 bits per heavy atom. The van der Waals surface area contributed by atoms with Crippen LogP contribution in [0.5, 0.6) is 0 Å². The van der Waals surface area contributed by atoms with E-state index in [0.717, 1.165) is 42.2 Å². The van der Waals surface area contributed by atoms with Gasteiger partial charge in [0.15, 0.2) is 11.6 Å².